The van der Waals surface area contributed by atoms with E-state index in [0.29, 0.717) is 24.6 Å². The number of furan rings is 1. The Balaban J connectivity index is 1.54. The van der Waals surface area contributed by atoms with Crippen LogP contribution >= 0.6 is 0 Å². The van der Waals surface area contributed by atoms with Gasteiger partial charge in [-0.2, -0.15) is 0 Å². The van der Waals surface area contributed by atoms with Crippen LogP contribution in [-0.2, 0) is 22.7 Å². The number of carbonyl (C=O) groups is 3. The largest absolute Gasteiger partial charge is 0.497 e. The molecule has 0 unspecified atom stereocenters. The van der Waals surface area contributed by atoms with Crippen molar-refractivity contribution in [1.82, 2.24) is 10.2 Å². The highest BCUT2D eigenvalue weighted by molar-refractivity contribution is 5.90. The van der Waals surface area contributed by atoms with Gasteiger partial charge in [-0.3, -0.25) is 9.59 Å². The molecule has 1 aromatic carbocycles. The van der Waals surface area contributed by atoms with Gasteiger partial charge in [0, 0.05) is 19.5 Å². The van der Waals surface area contributed by atoms with Gasteiger partial charge < -0.3 is 24.5 Å². The zero-order valence-corrected chi connectivity index (χ0v) is 15.7. The fraction of sp³-hybridized carbons (Fsp3) is 0.350. The zero-order chi connectivity index (χ0) is 20.3. The maximum Gasteiger partial charge on any atom is 0.339 e. The maximum absolute atomic E-state index is 12.4. The number of aryl methyl sites for hydroxylation is 1. The van der Waals surface area contributed by atoms with Crippen LogP contribution in [0.4, 0.5) is 0 Å². The van der Waals surface area contributed by atoms with Crippen molar-refractivity contribution in [2.45, 2.75) is 26.4 Å². The molecule has 2 N–H and O–H groups in total. The third kappa shape index (κ3) is 4.33. The highest BCUT2D eigenvalue weighted by atomic mass is 16.5. The summed E-state index contributed by atoms with van der Waals surface area (Å²) in [4.78, 5) is 37.4. The minimum atomic E-state index is -1.07. The van der Waals surface area contributed by atoms with E-state index in [0.717, 1.165) is 11.3 Å². The van der Waals surface area contributed by atoms with Crippen molar-refractivity contribution in [1.29, 1.82) is 0 Å². The highest BCUT2D eigenvalue weighted by Crippen LogP contribution is 2.22. The fourth-order valence-corrected chi connectivity index (χ4v) is 3.21. The number of methoxy groups -OCH3 is 1. The fourth-order valence-electron chi connectivity index (χ4n) is 3.21. The number of nitrogens with zero attached hydrogens (tertiary/aromatic N) is 1. The van der Waals surface area contributed by atoms with Gasteiger partial charge in [0.1, 0.15) is 22.8 Å². The number of carboxylic acid groups (broad SMARTS) is 1. The molecule has 3 rings (SSSR count). The van der Waals surface area contributed by atoms with Gasteiger partial charge in [-0.15, -0.1) is 0 Å². The van der Waals surface area contributed by atoms with Gasteiger partial charge >= 0.3 is 5.97 Å². The molecule has 0 radical (unpaired) electrons. The van der Waals surface area contributed by atoms with Crippen molar-refractivity contribution in [3.63, 3.8) is 0 Å². The molecule has 1 aliphatic heterocycles. The number of hydrogen-bond donors (Lipinski definition) is 2. The number of benzene rings is 1. The Kier molecular flexibility index (Phi) is 5.67. The number of rotatable bonds is 7. The Morgan fingerprint density at radius 3 is 2.64 bits per heavy atom. The van der Waals surface area contributed by atoms with Crippen LogP contribution in [0.5, 0.6) is 5.75 Å². The lowest BCUT2D eigenvalue weighted by Crippen LogP contribution is -2.32. The van der Waals surface area contributed by atoms with E-state index < -0.39 is 11.9 Å². The van der Waals surface area contributed by atoms with Crippen LogP contribution in [-0.4, -0.2) is 41.4 Å². The van der Waals surface area contributed by atoms with Crippen molar-refractivity contribution >= 4 is 17.8 Å². The second-order valence-corrected chi connectivity index (χ2v) is 6.73. The summed E-state index contributed by atoms with van der Waals surface area (Å²) in [7, 11) is 1.59. The molecule has 0 saturated carbocycles. The summed E-state index contributed by atoms with van der Waals surface area (Å²) in [6, 6.07) is 8.83. The van der Waals surface area contributed by atoms with Gasteiger partial charge in [0.2, 0.25) is 11.8 Å². The van der Waals surface area contributed by atoms with Gasteiger partial charge in [-0.25, -0.2) is 4.79 Å². The Labute approximate surface area is 162 Å². The van der Waals surface area contributed by atoms with Gasteiger partial charge in [0.05, 0.1) is 19.6 Å². The molecule has 0 bridgehead atoms. The molecule has 148 valence electrons. The van der Waals surface area contributed by atoms with Gasteiger partial charge in [0.25, 0.3) is 0 Å². The number of hydrogen-bond acceptors (Lipinski definition) is 5. The van der Waals surface area contributed by atoms with Gasteiger partial charge in [0.15, 0.2) is 0 Å². The lowest BCUT2D eigenvalue weighted by Gasteiger charge is -2.17. The molecule has 1 fully saturated rings. The summed E-state index contributed by atoms with van der Waals surface area (Å²) in [6.07, 6.45) is 0.152. The topological polar surface area (TPSA) is 109 Å². The zero-order valence-electron chi connectivity index (χ0n) is 15.7. The van der Waals surface area contributed by atoms with Crippen molar-refractivity contribution in [3.05, 3.63) is 53.0 Å². The average Bonchev–Trinajstić information content (AvgIpc) is 3.23. The molecule has 2 amide bonds. The third-order valence-corrected chi connectivity index (χ3v) is 4.75. The summed E-state index contributed by atoms with van der Waals surface area (Å²) >= 11 is 0. The summed E-state index contributed by atoms with van der Waals surface area (Å²) in [5.74, 6) is -0.446. The molecular weight excluding hydrogens is 364 g/mol. The van der Waals surface area contributed by atoms with Crippen LogP contribution < -0.4 is 10.1 Å². The number of carboxylic acids is 1. The molecule has 2 aromatic rings. The molecule has 2 heterocycles. The molecule has 1 saturated heterocycles. The first kappa shape index (κ1) is 19.5. The van der Waals surface area contributed by atoms with Crippen molar-refractivity contribution in [2.75, 3.05) is 13.7 Å². The van der Waals surface area contributed by atoms with E-state index in [1.165, 1.54) is 6.07 Å². The lowest BCUT2D eigenvalue weighted by molar-refractivity contribution is -0.129. The van der Waals surface area contributed by atoms with Crippen LogP contribution in [0.2, 0.25) is 0 Å². The second-order valence-electron chi connectivity index (χ2n) is 6.73. The van der Waals surface area contributed by atoms with Crippen molar-refractivity contribution in [2.24, 2.45) is 5.92 Å². The van der Waals surface area contributed by atoms with Crippen molar-refractivity contribution in [3.8, 4) is 5.75 Å². The van der Waals surface area contributed by atoms with Crippen LogP contribution in [0.1, 0.15) is 33.9 Å². The number of aromatic carboxylic acids is 1. The van der Waals surface area contributed by atoms with Crippen LogP contribution in [0.25, 0.3) is 0 Å². The van der Waals surface area contributed by atoms with E-state index in [9.17, 15) is 14.4 Å². The summed E-state index contributed by atoms with van der Waals surface area (Å²) in [5.41, 5.74) is 1.04. The predicted molar refractivity (Wildman–Crippen MR) is 98.8 cm³/mol. The normalized spacial score (nSPS) is 16.3. The Morgan fingerprint density at radius 2 is 2.04 bits per heavy atom. The molecule has 28 heavy (non-hydrogen) atoms. The first-order valence-electron chi connectivity index (χ1n) is 8.88. The molecule has 1 aliphatic rings. The van der Waals surface area contributed by atoms with E-state index in [-0.39, 0.29) is 30.3 Å². The minimum Gasteiger partial charge on any atom is -0.497 e. The van der Waals surface area contributed by atoms with E-state index in [1.54, 1.807) is 18.9 Å². The van der Waals surface area contributed by atoms with Gasteiger partial charge in [-0.05, 0) is 30.7 Å². The predicted octanol–water partition coefficient (Wildman–Crippen LogP) is 1.96. The molecule has 8 heteroatoms. The number of ether oxygens (including phenoxy) is 1. The number of nitrogens with one attached hydrogen (secondary N) is 1. The molecule has 1 aromatic heterocycles. The molecule has 0 aliphatic carbocycles. The summed E-state index contributed by atoms with van der Waals surface area (Å²) in [5, 5.41) is 11.8. The first-order chi connectivity index (χ1) is 13.4. The molecular formula is C20H22N2O6. The standard InChI is InChI=1S/C20H22N2O6/c1-12-17(20(25)26)8-16(28-12)9-21-19(24)14-7-18(23)22(11-14)10-13-3-5-15(27-2)6-4-13/h3-6,8,14H,7,9-11H2,1-2H3,(H,21,24)(H,25,26)/t14-/m0/s1. The quantitative estimate of drug-likeness (QED) is 0.753. The summed E-state index contributed by atoms with van der Waals surface area (Å²) in [6.45, 7) is 2.41. The molecule has 8 nitrogen and oxygen atoms in total. The molecule has 0 spiro atoms. The number of likely N-dealkylation sites (tertiary alicyclic amines) is 1. The van der Waals surface area contributed by atoms with Crippen LogP contribution in [0.3, 0.4) is 0 Å². The maximum atomic E-state index is 12.4. The number of carbonyl (C=O) groups excluding carboxylic acids is 2. The lowest BCUT2D eigenvalue weighted by atomic mass is 10.1. The first-order valence-corrected chi connectivity index (χ1v) is 8.88. The van der Waals surface area contributed by atoms with E-state index in [2.05, 4.69) is 5.32 Å². The van der Waals surface area contributed by atoms with E-state index >= 15 is 0 Å². The third-order valence-electron chi connectivity index (χ3n) is 4.75. The Hall–Kier alpha value is -3.29. The van der Waals surface area contributed by atoms with E-state index in [4.69, 9.17) is 14.3 Å². The van der Waals surface area contributed by atoms with Gasteiger partial charge in [-0.1, -0.05) is 12.1 Å². The van der Waals surface area contributed by atoms with Crippen molar-refractivity contribution < 1.29 is 28.6 Å². The van der Waals surface area contributed by atoms with Crippen LogP contribution in [0.15, 0.2) is 34.7 Å². The Bertz CT molecular complexity index is 887. The van der Waals surface area contributed by atoms with Crippen LogP contribution in [0, 0.1) is 12.8 Å². The number of amides is 2. The highest BCUT2D eigenvalue weighted by Gasteiger charge is 2.34. The monoisotopic (exact) mass is 386 g/mol. The average molecular weight is 386 g/mol. The minimum absolute atomic E-state index is 0.0713. The smallest absolute Gasteiger partial charge is 0.339 e. The summed E-state index contributed by atoms with van der Waals surface area (Å²) < 4.78 is 10.5. The van der Waals surface area contributed by atoms with E-state index in [1.807, 2.05) is 24.3 Å². The molecule has 1 atom stereocenters. The SMILES string of the molecule is COc1ccc(CN2C[C@@H](C(=O)NCc3cc(C(=O)O)c(C)o3)CC2=O)cc1. The Morgan fingerprint density at radius 1 is 1.32 bits per heavy atom. The second kappa shape index (κ2) is 8.16.